The van der Waals surface area contributed by atoms with Crippen LogP contribution in [-0.4, -0.2) is 39.3 Å². The van der Waals surface area contributed by atoms with Crippen molar-refractivity contribution in [2.24, 2.45) is 5.92 Å². The van der Waals surface area contributed by atoms with E-state index in [0.29, 0.717) is 6.54 Å². The minimum atomic E-state index is -0.756. The molecular formula is C12H21N3O2. The maximum Gasteiger partial charge on any atom is 0.307 e. The molecular weight excluding hydrogens is 218 g/mol. The summed E-state index contributed by atoms with van der Waals surface area (Å²) in [6.07, 6.45) is 3.85. The summed E-state index contributed by atoms with van der Waals surface area (Å²) >= 11 is 0. The largest absolute Gasteiger partial charge is 0.481 e. The van der Waals surface area contributed by atoms with E-state index in [1.807, 2.05) is 35.9 Å². The lowest BCUT2D eigenvalue weighted by Gasteiger charge is -2.25. The van der Waals surface area contributed by atoms with Crippen molar-refractivity contribution in [1.29, 1.82) is 0 Å². The Morgan fingerprint density at radius 2 is 2.24 bits per heavy atom. The average molecular weight is 239 g/mol. The summed E-state index contributed by atoms with van der Waals surface area (Å²) in [4.78, 5) is 12.8. The fourth-order valence-electron chi connectivity index (χ4n) is 1.69. The van der Waals surface area contributed by atoms with E-state index in [-0.39, 0.29) is 12.0 Å². The number of aliphatic carboxylic acids is 1. The summed E-state index contributed by atoms with van der Waals surface area (Å²) in [6.45, 7) is 7.21. The Balaban J connectivity index is 2.62. The molecule has 1 rings (SSSR count). The van der Waals surface area contributed by atoms with Gasteiger partial charge in [0.2, 0.25) is 0 Å². The van der Waals surface area contributed by atoms with Gasteiger partial charge in [-0.3, -0.25) is 14.4 Å². The first-order valence-corrected chi connectivity index (χ1v) is 5.91. The van der Waals surface area contributed by atoms with Crippen molar-refractivity contribution >= 4 is 5.97 Å². The van der Waals surface area contributed by atoms with Crippen molar-refractivity contribution in [3.8, 4) is 0 Å². The summed E-state index contributed by atoms with van der Waals surface area (Å²) in [5.41, 5.74) is 1.12. The lowest BCUT2D eigenvalue weighted by atomic mass is 10.1. The van der Waals surface area contributed by atoms with Gasteiger partial charge >= 0.3 is 5.97 Å². The Morgan fingerprint density at radius 1 is 1.59 bits per heavy atom. The Labute approximate surface area is 102 Å². The third-order valence-corrected chi connectivity index (χ3v) is 3.10. The van der Waals surface area contributed by atoms with Crippen LogP contribution in [0.3, 0.4) is 0 Å². The smallest absolute Gasteiger partial charge is 0.307 e. The molecule has 2 atom stereocenters. The molecule has 96 valence electrons. The number of carbonyl (C=O) groups is 1. The molecule has 0 saturated heterocycles. The highest BCUT2D eigenvalue weighted by Gasteiger charge is 2.19. The van der Waals surface area contributed by atoms with Gasteiger partial charge in [-0.1, -0.05) is 6.92 Å². The molecule has 5 nitrogen and oxygen atoms in total. The Hall–Kier alpha value is -1.36. The van der Waals surface area contributed by atoms with Gasteiger partial charge in [-0.15, -0.1) is 0 Å². The van der Waals surface area contributed by atoms with Crippen LogP contribution in [0.5, 0.6) is 0 Å². The van der Waals surface area contributed by atoms with Crippen molar-refractivity contribution in [2.45, 2.75) is 33.4 Å². The van der Waals surface area contributed by atoms with E-state index >= 15 is 0 Å². The van der Waals surface area contributed by atoms with Gasteiger partial charge in [0, 0.05) is 30.9 Å². The zero-order valence-electron chi connectivity index (χ0n) is 10.9. The Kier molecular flexibility index (Phi) is 4.69. The first-order valence-electron chi connectivity index (χ1n) is 5.91. The van der Waals surface area contributed by atoms with E-state index in [1.165, 1.54) is 0 Å². The van der Waals surface area contributed by atoms with Crippen molar-refractivity contribution in [3.63, 3.8) is 0 Å². The molecule has 0 amide bonds. The van der Waals surface area contributed by atoms with Gasteiger partial charge in [0.15, 0.2) is 0 Å². The quantitative estimate of drug-likeness (QED) is 0.819. The van der Waals surface area contributed by atoms with Crippen molar-refractivity contribution in [2.75, 3.05) is 13.6 Å². The van der Waals surface area contributed by atoms with Crippen molar-refractivity contribution < 1.29 is 9.90 Å². The fourth-order valence-corrected chi connectivity index (χ4v) is 1.69. The molecule has 2 unspecified atom stereocenters. The maximum atomic E-state index is 10.8. The zero-order valence-corrected chi connectivity index (χ0v) is 10.9. The first kappa shape index (κ1) is 13.7. The van der Waals surface area contributed by atoms with Crippen LogP contribution in [-0.2, 0) is 11.3 Å². The van der Waals surface area contributed by atoms with Gasteiger partial charge in [-0.2, -0.15) is 5.10 Å². The van der Waals surface area contributed by atoms with Crippen LogP contribution < -0.4 is 0 Å². The Morgan fingerprint density at radius 3 is 2.71 bits per heavy atom. The molecule has 0 bridgehead atoms. The van der Waals surface area contributed by atoms with Gasteiger partial charge in [0.1, 0.15) is 0 Å². The van der Waals surface area contributed by atoms with Gasteiger partial charge in [0.25, 0.3) is 0 Å². The molecule has 1 N–H and O–H groups in total. The fraction of sp³-hybridized carbons (Fsp3) is 0.667. The summed E-state index contributed by atoms with van der Waals surface area (Å²) in [6, 6.07) is 0.178. The number of nitrogens with zero attached hydrogens (tertiary/aromatic N) is 3. The van der Waals surface area contributed by atoms with Crippen LogP contribution in [0.2, 0.25) is 0 Å². The molecule has 1 aromatic rings. The average Bonchev–Trinajstić information content (AvgIpc) is 2.76. The number of rotatable bonds is 6. The molecule has 1 heterocycles. The first-order chi connectivity index (χ1) is 7.95. The SMILES string of the molecule is CCn1cc(C(C)N(C)CC(C)C(=O)O)cn1. The summed E-state index contributed by atoms with van der Waals surface area (Å²) in [7, 11) is 1.94. The number of aryl methyl sites for hydroxylation is 1. The molecule has 0 spiro atoms. The highest BCUT2D eigenvalue weighted by molar-refractivity contribution is 5.69. The second-order valence-electron chi connectivity index (χ2n) is 4.48. The van der Waals surface area contributed by atoms with E-state index < -0.39 is 5.97 Å². The second-order valence-corrected chi connectivity index (χ2v) is 4.48. The minimum Gasteiger partial charge on any atom is -0.481 e. The molecule has 1 aromatic heterocycles. The van der Waals surface area contributed by atoms with E-state index in [9.17, 15) is 4.79 Å². The predicted octanol–water partition coefficient (Wildman–Crippen LogP) is 1.62. The third-order valence-electron chi connectivity index (χ3n) is 3.10. The third kappa shape index (κ3) is 3.56. The molecule has 0 radical (unpaired) electrons. The lowest BCUT2D eigenvalue weighted by Crippen LogP contribution is -2.30. The van der Waals surface area contributed by atoms with E-state index in [2.05, 4.69) is 12.0 Å². The van der Waals surface area contributed by atoms with Crippen LogP contribution in [0.25, 0.3) is 0 Å². The predicted molar refractivity (Wildman–Crippen MR) is 65.7 cm³/mol. The molecule has 0 aliphatic heterocycles. The minimum absolute atomic E-state index is 0.178. The van der Waals surface area contributed by atoms with Crippen LogP contribution >= 0.6 is 0 Å². The zero-order chi connectivity index (χ0) is 13.0. The van der Waals surface area contributed by atoms with Crippen LogP contribution in [0.4, 0.5) is 0 Å². The molecule has 0 aliphatic carbocycles. The number of aromatic nitrogens is 2. The molecule has 17 heavy (non-hydrogen) atoms. The number of hydrogen-bond acceptors (Lipinski definition) is 3. The maximum absolute atomic E-state index is 10.8. The van der Waals surface area contributed by atoms with E-state index in [1.54, 1.807) is 6.92 Å². The summed E-state index contributed by atoms with van der Waals surface area (Å²) in [5, 5.41) is 13.1. The molecule has 5 heteroatoms. The monoisotopic (exact) mass is 239 g/mol. The molecule has 0 fully saturated rings. The number of hydrogen-bond donors (Lipinski definition) is 1. The second kappa shape index (κ2) is 5.82. The van der Waals surface area contributed by atoms with E-state index in [0.717, 1.165) is 12.1 Å². The van der Waals surface area contributed by atoms with Crippen LogP contribution in [0, 0.1) is 5.92 Å². The highest BCUT2D eigenvalue weighted by Crippen LogP contribution is 2.18. The van der Waals surface area contributed by atoms with Crippen LogP contribution in [0.1, 0.15) is 32.4 Å². The molecule has 0 saturated carbocycles. The number of carboxylic acids is 1. The highest BCUT2D eigenvalue weighted by atomic mass is 16.4. The van der Waals surface area contributed by atoms with Crippen molar-refractivity contribution in [1.82, 2.24) is 14.7 Å². The number of carboxylic acid groups (broad SMARTS) is 1. The van der Waals surface area contributed by atoms with Gasteiger partial charge < -0.3 is 5.11 Å². The normalized spacial score (nSPS) is 14.9. The van der Waals surface area contributed by atoms with Crippen LogP contribution in [0.15, 0.2) is 12.4 Å². The van der Waals surface area contributed by atoms with Crippen molar-refractivity contribution in [3.05, 3.63) is 18.0 Å². The summed E-state index contributed by atoms with van der Waals surface area (Å²) < 4.78 is 1.88. The van der Waals surface area contributed by atoms with Gasteiger partial charge in [-0.05, 0) is 20.9 Å². The molecule has 0 aromatic carbocycles. The molecule has 0 aliphatic rings. The van der Waals surface area contributed by atoms with Gasteiger partial charge in [0.05, 0.1) is 12.1 Å². The Bertz CT molecular complexity index is 376. The standard InChI is InChI=1S/C12H21N3O2/c1-5-15-8-11(6-13-15)10(3)14(4)7-9(2)12(16)17/h6,8-10H,5,7H2,1-4H3,(H,16,17). The summed E-state index contributed by atoms with van der Waals surface area (Å²) in [5.74, 6) is -1.11. The lowest BCUT2D eigenvalue weighted by molar-refractivity contribution is -0.141. The van der Waals surface area contributed by atoms with E-state index in [4.69, 9.17) is 5.11 Å². The van der Waals surface area contributed by atoms with Gasteiger partial charge in [-0.25, -0.2) is 0 Å². The topological polar surface area (TPSA) is 58.4 Å².